The summed E-state index contributed by atoms with van der Waals surface area (Å²) in [5, 5.41) is 1.98. The van der Waals surface area contributed by atoms with Crippen molar-refractivity contribution in [3.05, 3.63) is 53.2 Å². The molecule has 0 bridgehead atoms. The lowest BCUT2D eigenvalue weighted by Crippen LogP contribution is -2.10. The van der Waals surface area contributed by atoms with Gasteiger partial charge in [-0.3, -0.25) is 9.59 Å². The Morgan fingerprint density at radius 3 is 2.60 bits per heavy atom. The highest BCUT2D eigenvalue weighted by atomic mass is 32.2. The fourth-order valence-corrected chi connectivity index (χ4v) is 3.14. The molecule has 0 spiro atoms. The molecular formula is C17H15N5O2S. The average molecular weight is 353 g/mol. The molecule has 0 fully saturated rings. The highest BCUT2D eigenvalue weighted by Crippen LogP contribution is 2.27. The number of ketones is 2. The lowest BCUT2D eigenvalue weighted by atomic mass is 10.0. The zero-order valence-corrected chi connectivity index (χ0v) is 14.4. The summed E-state index contributed by atoms with van der Waals surface area (Å²) in [6, 6.07) is 8.65. The molecule has 7 nitrogen and oxygen atoms in total. The number of allylic oxidation sites excluding steroid dienone is 1. The van der Waals surface area contributed by atoms with Gasteiger partial charge in [-0.15, -0.1) is 0 Å². The lowest BCUT2D eigenvalue weighted by Gasteiger charge is -2.04. The lowest BCUT2D eigenvalue weighted by molar-refractivity contribution is -0.113. The van der Waals surface area contributed by atoms with E-state index in [9.17, 15) is 9.59 Å². The number of fused-ring (bicyclic) bond motifs is 1. The second kappa shape index (κ2) is 6.86. The van der Waals surface area contributed by atoms with Crippen LogP contribution in [0.3, 0.4) is 0 Å². The number of aryl methyl sites for hydroxylation is 1. The summed E-state index contributed by atoms with van der Waals surface area (Å²) in [7, 11) is 1.80. The van der Waals surface area contributed by atoms with Crippen LogP contribution in [0.1, 0.15) is 17.3 Å². The van der Waals surface area contributed by atoms with Crippen LogP contribution >= 0.6 is 11.8 Å². The van der Waals surface area contributed by atoms with Crippen LogP contribution in [0.2, 0.25) is 0 Å². The number of nitrogens with zero attached hydrogens (tertiary/aromatic N) is 4. The van der Waals surface area contributed by atoms with Gasteiger partial charge in [-0.2, -0.15) is 4.98 Å². The number of hydrogen-bond acceptors (Lipinski definition) is 7. The standard InChI is InChI=1S/C17H15N5O2S/c1-10(23)12(14(24)11-6-4-3-5-7-11)8-25-16-13-15(20-17(18)21-16)22(2)9-19-13/h3-9H,1-2H3,(H2,18,20,21)/b12-8+. The molecule has 3 aromatic rings. The van der Waals surface area contributed by atoms with E-state index < -0.39 is 0 Å². The first kappa shape index (κ1) is 16.8. The van der Waals surface area contributed by atoms with E-state index in [0.29, 0.717) is 21.8 Å². The van der Waals surface area contributed by atoms with E-state index in [1.54, 1.807) is 42.2 Å². The number of nitrogens with two attached hydrogens (primary N) is 1. The van der Waals surface area contributed by atoms with E-state index in [4.69, 9.17) is 5.73 Å². The van der Waals surface area contributed by atoms with Gasteiger partial charge in [0.05, 0.1) is 11.9 Å². The van der Waals surface area contributed by atoms with Crippen molar-refractivity contribution in [3.63, 3.8) is 0 Å². The molecule has 1 aromatic carbocycles. The van der Waals surface area contributed by atoms with E-state index in [2.05, 4.69) is 15.0 Å². The Kier molecular flexibility index (Phi) is 4.62. The third-order valence-electron chi connectivity index (χ3n) is 3.49. The average Bonchev–Trinajstić information content (AvgIpc) is 2.96. The molecule has 8 heteroatoms. The number of Topliss-reactive ketones (excluding diaryl/α,β-unsaturated/α-hetero) is 2. The van der Waals surface area contributed by atoms with Gasteiger partial charge >= 0.3 is 0 Å². The summed E-state index contributed by atoms with van der Waals surface area (Å²) in [4.78, 5) is 37.0. The molecule has 25 heavy (non-hydrogen) atoms. The van der Waals surface area contributed by atoms with Crippen LogP contribution in [0, 0.1) is 0 Å². The van der Waals surface area contributed by atoms with E-state index in [1.807, 2.05) is 6.07 Å². The third-order valence-corrected chi connectivity index (χ3v) is 4.35. The number of thioether (sulfide) groups is 1. The molecule has 0 unspecified atom stereocenters. The number of imidazole rings is 1. The van der Waals surface area contributed by atoms with Crippen molar-refractivity contribution in [1.29, 1.82) is 0 Å². The first-order chi connectivity index (χ1) is 12.0. The first-order valence-electron chi connectivity index (χ1n) is 7.39. The van der Waals surface area contributed by atoms with Crippen molar-refractivity contribution in [2.75, 3.05) is 5.73 Å². The van der Waals surface area contributed by atoms with Gasteiger partial charge in [0.25, 0.3) is 0 Å². The molecule has 2 N–H and O–H groups in total. The van der Waals surface area contributed by atoms with Crippen LogP contribution in [-0.4, -0.2) is 31.1 Å². The molecule has 0 aliphatic heterocycles. The Hall–Kier alpha value is -3.00. The molecule has 126 valence electrons. The molecule has 3 rings (SSSR count). The van der Waals surface area contributed by atoms with Crippen LogP contribution in [0.5, 0.6) is 0 Å². The van der Waals surface area contributed by atoms with Crippen LogP contribution in [-0.2, 0) is 11.8 Å². The molecule has 0 radical (unpaired) electrons. The van der Waals surface area contributed by atoms with Crippen molar-refractivity contribution >= 4 is 40.4 Å². The molecular weight excluding hydrogens is 338 g/mol. The van der Waals surface area contributed by atoms with Crippen molar-refractivity contribution in [2.45, 2.75) is 11.9 Å². The number of aromatic nitrogens is 4. The number of anilines is 1. The number of hydrogen-bond donors (Lipinski definition) is 1. The van der Waals surface area contributed by atoms with Crippen molar-refractivity contribution in [2.24, 2.45) is 7.05 Å². The van der Waals surface area contributed by atoms with Crippen LogP contribution < -0.4 is 5.73 Å². The van der Waals surface area contributed by atoms with Gasteiger partial charge in [0.15, 0.2) is 17.2 Å². The fourth-order valence-electron chi connectivity index (χ4n) is 2.24. The third kappa shape index (κ3) is 3.43. The molecule has 2 aromatic heterocycles. The summed E-state index contributed by atoms with van der Waals surface area (Å²) in [6.45, 7) is 1.36. The summed E-state index contributed by atoms with van der Waals surface area (Å²) in [5.74, 6) is -0.550. The number of nitrogen functional groups attached to an aromatic ring is 1. The highest BCUT2D eigenvalue weighted by Gasteiger charge is 2.18. The second-order valence-electron chi connectivity index (χ2n) is 5.32. The molecule has 0 saturated heterocycles. The van der Waals surface area contributed by atoms with E-state index in [1.165, 1.54) is 12.3 Å². The van der Waals surface area contributed by atoms with Crippen molar-refractivity contribution < 1.29 is 9.59 Å². The van der Waals surface area contributed by atoms with Gasteiger partial charge in [0.2, 0.25) is 5.95 Å². The van der Waals surface area contributed by atoms with Crippen LogP contribution in [0.4, 0.5) is 5.95 Å². The Balaban J connectivity index is 1.98. The maximum Gasteiger partial charge on any atom is 0.223 e. The number of carbonyl (C=O) groups excluding carboxylic acids is 2. The molecule has 0 aliphatic carbocycles. The van der Waals surface area contributed by atoms with Crippen molar-refractivity contribution in [3.8, 4) is 0 Å². The second-order valence-corrected chi connectivity index (χ2v) is 6.17. The molecule has 0 amide bonds. The normalized spacial score (nSPS) is 11.7. The first-order valence-corrected chi connectivity index (χ1v) is 8.27. The van der Waals surface area contributed by atoms with Gasteiger partial charge in [0, 0.05) is 12.6 Å². The van der Waals surface area contributed by atoms with Gasteiger partial charge in [0.1, 0.15) is 10.5 Å². The summed E-state index contributed by atoms with van der Waals surface area (Å²) >= 11 is 1.13. The minimum Gasteiger partial charge on any atom is -0.368 e. The Labute approximate surface area is 148 Å². The molecule has 0 saturated carbocycles. The smallest absolute Gasteiger partial charge is 0.223 e. The Bertz CT molecular complexity index is 995. The van der Waals surface area contributed by atoms with Crippen LogP contribution in [0.25, 0.3) is 11.2 Å². The minimum absolute atomic E-state index is 0.0810. The quantitative estimate of drug-likeness (QED) is 0.187. The van der Waals surface area contributed by atoms with Gasteiger partial charge in [-0.25, -0.2) is 9.97 Å². The Morgan fingerprint density at radius 1 is 1.20 bits per heavy atom. The maximum absolute atomic E-state index is 12.6. The predicted molar refractivity (Wildman–Crippen MR) is 96.1 cm³/mol. The topological polar surface area (TPSA) is 104 Å². The minimum atomic E-state index is -0.333. The monoisotopic (exact) mass is 353 g/mol. The number of carbonyl (C=O) groups is 2. The highest BCUT2D eigenvalue weighted by molar-refractivity contribution is 8.02. The largest absolute Gasteiger partial charge is 0.368 e. The van der Waals surface area contributed by atoms with E-state index in [0.717, 1.165) is 11.8 Å². The predicted octanol–water partition coefficient (Wildman–Crippen LogP) is 2.39. The zero-order valence-electron chi connectivity index (χ0n) is 13.6. The molecule has 0 aliphatic rings. The summed E-state index contributed by atoms with van der Waals surface area (Å²) in [5.41, 5.74) is 7.42. The molecule has 2 heterocycles. The van der Waals surface area contributed by atoms with Gasteiger partial charge < -0.3 is 10.3 Å². The van der Waals surface area contributed by atoms with Crippen molar-refractivity contribution in [1.82, 2.24) is 19.5 Å². The maximum atomic E-state index is 12.6. The van der Waals surface area contributed by atoms with Gasteiger partial charge in [-0.1, -0.05) is 42.1 Å². The van der Waals surface area contributed by atoms with Gasteiger partial charge in [-0.05, 0) is 12.3 Å². The fraction of sp³-hybridized carbons (Fsp3) is 0.118. The summed E-state index contributed by atoms with van der Waals surface area (Å²) < 4.78 is 1.72. The van der Waals surface area contributed by atoms with Crippen LogP contribution in [0.15, 0.2) is 52.7 Å². The van der Waals surface area contributed by atoms with E-state index in [-0.39, 0.29) is 23.1 Å². The summed E-state index contributed by atoms with van der Waals surface area (Å²) in [6.07, 6.45) is 1.60. The number of benzene rings is 1. The number of rotatable bonds is 5. The Morgan fingerprint density at radius 2 is 1.92 bits per heavy atom. The van der Waals surface area contributed by atoms with E-state index >= 15 is 0 Å². The SMILES string of the molecule is CC(=O)/C(=C\Sc1nc(N)nc2c1ncn2C)C(=O)c1ccccc1. The zero-order chi connectivity index (χ0) is 18.0. The molecule has 0 atom stereocenters.